The maximum atomic E-state index is 5.93. The molecule has 0 unspecified atom stereocenters. The fraction of sp³-hybridized carbons (Fsp3) is 0.294. The molecule has 0 aliphatic rings. The third-order valence-corrected chi connectivity index (χ3v) is 3.41. The van der Waals surface area contributed by atoms with Crippen LogP contribution < -0.4 is 4.74 Å². The zero-order valence-electron chi connectivity index (χ0n) is 11.4. The number of ether oxygens (including phenoxy) is 1. The zero-order valence-corrected chi connectivity index (χ0v) is 12.2. The smallest absolute Gasteiger partial charge is 0.130 e. The average molecular weight is 275 g/mol. The molecule has 2 rings (SSSR count). The quantitative estimate of drug-likeness (QED) is 0.656. The van der Waals surface area contributed by atoms with Gasteiger partial charge in [-0.3, -0.25) is 0 Å². The normalized spacial score (nSPS) is 10.5. The van der Waals surface area contributed by atoms with Crippen molar-refractivity contribution >= 4 is 11.6 Å². The van der Waals surface area contributed by atoms with Crippen LogP contribution in [-0.4, -0.2) is 0 Å². The van der Waals surface area contributed by atoms with E-state index in [-0.39, 0.29) is 0 Å². The lowest BCUT2D eigenvalue weighted by Gasteiger charge is -2.10. The first-order valence-electron chi connectivity index (χ1n) is 6.65. The predicted molar refractivity (Wildman–Crippen MR) is 81.2 cm³/mol. The first kappa shape index (κ1) is 14.0. The lowest BCUT2D eigenvalue weighted by atomic mass is 10.1. The van der Waals surface area contributed by atoms with Crippen LogP contribution in [0.5, 0.6) is 11.5 Å². The van der Waals surface area contributed by atoms with E-state index < -0.39 is 0 Å². The van der Waals surface area contributed by atoms with E-state index in [1.807, 2.05) is 37.3 Å². The van der Waals surface area contributed by atoms with E-state index in [0.29, 0.717) is 5.88 Å². The van der Waals surface area contributed by atoms with Gasteiger partial charge in [-0.15, -0.1) is 11.6 Å². The number of alkyl halides is 1. The summed E-state index contributed by atoms with van der Waals surface area (Å²) < 4.78 is 5.93. The second-order valence-corrected chi connectivity index (χ2v) is 5.00. The van der Waals surface area contributed by atoms with Gasteiger partial charge < -0.3 is 4.74 Å². The molecule has 0 saturated heterocycles. The minimum atomic E-state index is 0.506. The largest absolute Gasteiger partial charge is 0.457 e. The highest BCUT2D eigenvalue weighted by Crippen LogP contribution is 2.27. The fourth-order valence-electron chi connectivity index (χ4n) is 1.98. The van der Waals surface area contributed by atoms with Gasteiger partial charge in [0.2, 0.25) is 0 Å². The molecule has 0 aromatic heterocycles. The second kappa shape index (κ2) is 6.63. The molecule has 1 nitrogen and oxygen atoms in total. The van der Waals surface area contributed by atoms with E-state index in [2.05, 4.69) is 19.1 Å². The Kier molecular flexibility index (Phi) is 4.86. The molecule has 0 spiro atoms. The summed E-state index contributed by atoms with van der Waals surface area (Å²) >= 11 is 5.85. The lowest BCUT2D eigenvalue weighted by Crippen LogP contribution is -1.90. The maximum Gasteiger partial charge on any atom is 0.130 e. The molecule has 0 aliphatic heterocycles. The monoisotopic (exact) mass is 274 g/mol. The lowest BCUT2D eigenvalue weighted by molar-refractivity contribution is 0.478. The standard InChI is InChI=1S/C17H19ClO/c1-3-4-14-7-9-16(10-8-14)19-17-11-15(12-18)6-5-13(17)2/h5-11H,3-4,12H2,1-2H3. The summed E-state index contributed by atoms with van der Waals surface area (Å²) in [6.07, 6.45) is 2.28. The number of hydrogen-bond acceptors (Lipinski definition) is 1. The summed E-state index contributed by atoms with van der Waals surface area (Å²) in [6, 6.07) is 14.4. The van der Waals surface area contributed by atoms with Crippen LogP contribution in [0.25, 0.3) is 0 Å². The van der Waals surface area contributed by atoms with Gasteiger partial charge >= 0.3 is 0 Å². The highest BCUT2D eigenvalue weighted by Gasteiger charge is 2.03. The van der Waals surface area contributed by atoms with Gasteiger partial charge in [0.25, 0.3) is 0 Å². The summed E-state index contributed by atoms with van der Waals surface area (Å²) in [6.45, 7) is 4.23. The number of aryl methyl sites for hydroxylation is 2. The fourth-order valence-corrected chi connectivity index (χ4v) is 2.14. The summed E-state index contributed by atoms with van der Waals surface area (Å²) in [7, 11) is 0. The van der Waals surface area contributed by atoms with Crippen molar-refractivity contribution < 1.29 is 4.74 Å². The maximum absolute atomic E-state index is 5.93. The van der Waals surface area contributed by atoms with Crippen molar-refractivity contribution in [3.05, 3.63) is 59.2 Å². The van der Waals surface area contributed by atoms with Crippen molar-refractivity contribution in [1.29, 1.82) is 0 Å². The van der Waals surface area contributed by atoms with Gasteiger partial charge in [-0.25, -0.2) is 0 Å². The topological polar surface area (TPSA) is 9.23 Å². The molecule has 0 saturated carbocycles. The Morgan fingerprint density at radius 1 is 1.00 bits per heavy atom. The minimum absolute atomic E-state index is 0.506. The van der Waals surface area contributed by atoms with Crippen molar-refractivity contribution in [3.63, 3.8) is 0 Å². The van der Waals surface area contributed by atoms with Gasteiger partial charge in [-0.05, 0) is 48.2 Å². The SMILES string of the molecule is CCCc1ccc(Oc2cc(CCl)ccc2C)cc1. The molecule has 100 valence electrons. The summed E-state index contributed by atoms with van der Waals surface area (Å²) in [5.41, 5.74) is 3.54. The molecule has 0 N–H and O–H groups in total. The molecule has 0 bridgehead atoms. The Morgan fingerprint density at radius 2 is 1.68 bits per heavy atom. The first-order chi connectivity index (χ1) is 9.22. The molecule has 0 amide bonds. The van der Waals surface area contributed by atoms with Crippen molar-refractivity contribution in [2.24, 2.45) is 0 Å². The second-order valence-electron chi connectivity index (χ2n) is 4.73. The molecule has 2 heteroatoms. The van der Waals surface area contributed by atoms with Crippen LogP contribution in [-0.2, 0) is 12.3 Å². The predicted octanol–water partition coefficient (Wildman–Crippen LogP) is 5.48. The zero-order chi connectivity index (χ0) is 13.7. The van der Waals surface area contributed by atoms with Gasteiger partial charge in [0, 0.05) is 5.88 Å². The molecule has 0 radical (unpaired) electrons. The summed E-state index contributed by atoms with van der Waals surface area (Å²) in [5.74, 6) is 2.25. The molecular weight excluding hydrogens is 256 g/mol. The molecule has 19 heavy (non-hydrogen) atoms. The highest BCUT2D eigenvalue weighted by molar-refractivity contribution is 6.17. The van der Waals surface area contributed by atoms with E-state index in [1.165, 1.54) is 5.56 Å². The van der Waals surface area contributed by atoms with Crippen LogP contribution in [0.1, 0.15) is 30.0 Å². The van der Waals surface area contributed by atoms with Crippen LogP contribution in [0.4, 0.5) is 0 Å². The van der Waals surface area contributed by atoms with E-state index in [0.717, 1.165) is 35.5 Å². The molecule has 2 aromatic carbocycles. The molecule has 0 atom stereocenters. The highest BCUT2D eigenvalue weighted by atomic mass is 35.5. The van der Waals surface area contributed by atoms with E-state index >= 15 is 0 Å². The summed E-state index contributed by atoms with van der Waals surface area (Å²) in [5, 5.41) is 0. The molecular formula is C17H19ClO. The van der Waals surface area contributed by atoms with Gasteiger partial charge in [-0.2, -0.15) is 0 Å². The molecule has 0 aliphatic carbocycles. The van der Waals surface area contributed by atoms with E-state index in [1.54, 1.807) is 0 Å². The van der Waals surface area contributed by atoms with Crippen LogP contribution in [0.15, 0.2) is 42.5 Å². The Balaban J connectivity index is 2.16. The number of benzene rings is 2. The van der Waals surface area contributed by atoms with Crippen molar-refractivity contribution in [1.82, 2.24) is 0 Å². The van der Waals surface area contributed by atoms with Crippen molar-refractivity contribution in [2.75, 3.05) is 0 Å². The van der Waals surface area contributed by atoms with Gasteiger partial charge in [0.1, 0.15) is 11.5 Å². The van der Waals surface area contributed by atoms with Gasteiger partial charge in [0.05, 0.1) is 0 Å². The van der Waals surface area contributed by atoms with Gasteiger partial charge in [0.15, 0.2) is 0 Å². The van der Waals surface area contributed by atoms with E-state index in [9.17, 15) is 0 Å². The van der Waals surface area contributed by atoms with Crippen molar-refractivity contribution in [3.8, 4) is 11.5 Å². The molecule has 2 aromatic rings. The van der Waals surface area contributed by atoms with Crippen molar-refractivity contribution in [2.45, 2.75) is 32.6 Å². The molecule has 0 fully saturated rings. The van der Waals surface area contributed by atoms with Crippen LogP contribution >= 0.6 is 11.6 Å². The third kappa shape index (κ3) is 3.74. The number of hydrogen-bond donors (Lipinski definition) is 0. The minimum Gasteiger partial charge on any atom is -0.457 e. The first-order valence-corrected chi connectivity index (χ1v) is 7.18. The van der Waals surface area contributed by atoms with Gasteiger partial charge in [-0.1, -0.05) is 37.6 Å². The Morgan fingerprint density at radius 3 is 2.32 bits per heavy atom. The van der Waals surface area contributed by atoms with Crippen LogP contribution in [0.3, 0.4) is 0 Å². The molecule has 0 heterocycles. The Labute approximate surface area is 120 Å². The number of halogens is 1. The van der Waals surface area contributed by atoms with Crippen LogP contribution in [0, 0.1) is 6.92 Å². The average Bonchev–Trinajstić information content (AvgIpc) is 2.44. The summed E-state index contributed by atoms with van der Waals surface area (Å²) in [4.78, 5) is 0. The third-order valence-electron chi connectivity index (χ3n) is 3.10. The van der Waals surface area contributed by atoms with E-state index in [4.69, 9.17) is 16.3 Å². The number of rotatable bonds is 5. The van der Waals surface area contributed by atoms with Crippen LogP contribution in [0.2, 0.25) is 0 Å². The Hall–Kier alpha value is -1.47. The Bertz CT molecular complexity index is 531.